The Kier molecular flexibility index (Phi) is 4.65. The number of carbonyl (C=O) groups excluding carboxylic acids is 1. The molecule has 3 heterocycles. The third-order valence-corrected chi connectivity index (χ3v) is 6.04. The van der Waals surface area contributed by atoms with Gasteiger partial charge < -0.3 is 13.9 Å². The van der Waals surface area contributed by atoms with E-state index in [1.54, 1.807) is 4.57 Å². The fraction of sp³-hybridized carbons (Fsp3) is 0.348. The molecule has 154 valence electrons. The third-order valence-electron chi connectivity index (χ3n) is 6.04. The van der Waals surface area contributed by atoms with Crippen LogP contribution in [0.4, 0.5) is 0 Å². The van der Waals surface area contributed by atoms with Crippen LogP contribution >= 0.6 is 0 Å². The number of piperidine rings is 1. The van der Waals surface area contributed by atoms with Crippen molar-refractivity contribution in [3.63, 3.8) is 0 Å². The fourth-order valence-corrected chi connectivity index (χ4v) is 4.51. The molecule has 1 aliphatic heterocycles. The van der Waals surface area contributed by atoms with E-state index in [1.807, 2.05) is 58.0 Å². The molecule has 30 heavy (non-hydrogen) atoms. The van der Waals surface area contributed by atoms with Crippen molar-refractivity contribution in [2.75, 3.05) is 13.1 Å². The van der Waals surface area contributed by atoms with E-state index in [4.69, 9.17) is 4.42 Å². The van der Waals surface area contributed by atoms with Gasteiger partial charge in [-0.25, -0.2) is 9.78 Å². The number of rotatable bonds is 4. The van der Waals surface area contributed by atoms with Crippen molar-refractivity contribution in [2.45, 2.75) is 38.8 Å². The van der Waals surface area contributed by atoms with Gasteiger partial charge in [0.05, 0.1) is 16.6 Å². The molecular weight excluding hydrogens is 380 g/mol. The van der Waals surface area contributed by atoms with Gasteiger partial charge in [-0.2, -0.15) is 0 Å². The number of likely N-dealkylation sites (tertiary alicyclic amines) is 1. The van der Waals surface area contributed by atoms with E-state index in [0.717, 1.165) is 41.6 Å². The van der Waals surface area contributed by atoms with Crippen molar-refractivity contribution in [1.29, 1.82) is 0 Å². The Morgan fingerprint density at radius 1 is 1.07 bits per heavy atom. The molecule has 1 aliphatic rings. The minimum absolute atomic E-state index is 0.0467. The SMILES string of the molecule is CCc1nc2ccccc2n1CC(=O)N1CCC(n2c(=O)oc3ccccc32)CC1. The highest BCUT2D eigenvalue weighted by atomic mass is 16.4. The summed E-state index contributed by atoms with van der Waals surface area (Å²) in [4.78, 5) is 32.0. The maximum atomic E-state index is 13.0. The van der Waals surface area contributed by atoms with Crippen molar-refractivity contribution in [3.05, 3.63) is 64.9 Å². The molecule has 7 heteroatoms. The lowest BCUT2D eigenvalue weighted by Crippen LogP contribution is -2.41. The van der Waals surface area contributed by atoms with Crippen molar-refractivity contribution < 1.29 is 9.21 Å². The minimum Gasteiger partial charge on any atom is -0.408 e. The van der Waals surface area contributed by atoms with E-state index in [9.17, 15) is 9.59 Å². The molecule has 0 unspecified atom stereocenters. The van der Waals surface area contributed by atoms with Crippen molar-refractivity contribution in [3.8, 4) is 0 Å². The van der Waals surface area contributed by atoms with Gasteiger partial charge in [-0.1, -0.05) is 31.2 Å². The molecule has 0 aliphatic carbocycles. The van der Waals surface area contributed by atoms with Gasteiger partial charge in [0.2, 0.25) is 5.91 Å². The van der Waals surface area contributed by atoms with E-state index in [0.29, 0.717) is 25.2 Å². The molecule has 5 rings (SSSR count). The van der Waals surface area contributed by atoms with Crippen LogP contribution in [0.3, 0.4) is 0 Å². The van der Waals surface area contributed by atoms with E-state index >= 15 is 0 Å². The average molecular weight is 404 g/mol. The standard InChI is InChI=1S/C23H24N4O3/c1-2-21-24-17-7-3-4-8-18(17)26(21)15-22(28)25-13-11-16(12-14-25)27-19-9-5-6-10-20(19)30-23(27)29/h3-10,16H,2,11-15H2,1H3. The van der Waals surface area contributed by atoms with Gasteiger partial charge >= 0.3 is 5.76 Å². The van der Waals surface area contributed by atoms with Crippen LogP contribution in [0.25, 0.3) is 22.1 Å². The van der Waals surface area contributed by atoms with Gasteiger partial charge in [-0.15, -0.1) is 0 Å². The molecular formula is C23H24N4O3. The third kappa shape index (κ3) is 3.10. The topological polar surface area (TPSA) is 73.3 Å². The van der Waals surface area contributed by atoms with Gasteiger partial charge in [0.25, 0.3) is 0 Å². The average Bonchev–Trinajstić information content (AvgIpc) is 3.30. The van der Waals surface area contributed by atoms with Crippen LogP contribution in [0.2, 0.25) is 0 Å². The Morgan fingerprint density at radius 2 is 1.77 bits per heavy atom. The maximum Gasteiger partial charge on any atom is 0.420 e. The number of fused-ring (bicyclic) bond motifs is 2. The van der Waals surface area contributed by atoms with Crippen molar-refractivity contribution in [2.24, 2.45) is 0 Å². The number of amides is 1. The number of imidazole rings is 1. The first-order valence-corrected chi connectivity index (χ1v) is 10.5. The molecule has 4 aromatic rings. The first-order valence-electron chi connectivity index (χ1n) is 10.5. The van der Waals surface area contributed by atoms with E-state index in [-0.39, 0.29) is 17.7 Å². The van der Waals surface area contributed by atoms with Gasteiger partial charge in [0, 0.05) is 25.6 Å². The van der Waals surface area contributed by atoms with Crippen LogP contribution in [0.5, 0.6) is 0 Å². The summed E-state index contributed by atoms with van der Waals surface area (Å²) >= 11 is 0. The summed E-state index contributed by atoms with van der Waals surface area (Å²) in [7, 11) is 0. The zero-order valence-corrected chi connectivity index (χ0v) is 17.0. The highest BCUT2D eigenvalue weighted by Crippen LogP contribution is 2.26. The summed E-state index contributed by atoms with van der Waals surface area (Å²) in [6.45, 7) is 3.61. The lowest BCUT2D eigenvalue weighted by atomic mass is 10.0. The zero-order valence-electron chi connectivity index (χ0n) is 17.0. The monoisotopic (exact) mass is 404 g/mol. The van der Waals surface area contributed by atoms with E-state index in [1.165, 1.54) is 0 Å². The number of oxazole rings is 1. The first-order chi connectivity index (χ1) is 14.7. The molecule has 0 spiro atoms. The Hall–Kier alpha value is -3.35. The molecule has 0 N–H and O–H groups in total. The molecule has 7 nitrogen and oxygen atoms in total. The van der Waals surface area contributed by atoms with E-state index in [2.05, 4.69) is 11.9 Å². The van der Waals surface area contributed by atoms with Crippen LogP contribution in [0.15, 0.2) is 57.7 Å². The lowest BCUT2D eigenvalue weighted by molar-refractivity contribution is -0.133. The smallest absolute Gasteiger partial charge is 0.408 e. The maximum absolute atomic E-state index is 13.0. The predicted molar refractivity (Wildman–Crippen MR) is 114 cm³/mol. The molecule has 0 radical (unpaired) electrons. The lowest BCUT2D eigenvalue weighted by Gasteiger charge is -2.32. The van der Waals surface area contributed by atoms with Gasteiger partial charge in [0.15, 0.2) is 5.58 Å². The summed E-state index contributed by atoms with van der Waals surface area (Å²) in [6.07, 6.45) is 2.25. The highest BCUT2D eigenvalue weighted by Gasteiger charge is 2.27. The largest absolute Gasteiger partial charge is 0.420 e. The number of nitrogens with zero attached hydrogens (tertiary/aromatic N) is 4. The summed E-state index contributed by atoms with van der Waals surface area (Å²) in [5.41, 5.74) is 3.35. The van der Waals surface area contributed by atoms with Gasteiger partial charge in [-0.3, -0.25) is 9.36 Å². The second-order valence-electron chi connectivity index (χ2n) is 7.77. The zero-order chi connectivity index (χ0) is 20.7. The molecule has 1 fully saturated rings. The van der Waals surface area contributed by atoms with Crippen LogP contribution < -0.4 is 5.76 Å². The molecule has 1 saturated heterocycles. The first kappa shape index (κ1) is 18.7. The van der Waals surface area contributed by atoms with Crippen LogP contribution in [-0.2, 0) is 17.8 Å². The fourth-order valence-electron chi connectivity index (χ4n) is 4.51. The second kappa shape index (κ2) is 7.48. The number of benzene rings is 2. The normalized spacial score (nSPS) is 15.3. The Morgan fingerprint density at radius 3 is 2.53 bits per heavy atom. The van der Waals surface area contributed by atoms with Crippen LogP contribution in [0, 0.1) is 0 Å². The molecule has 1 amide bonds. The van der Waals surface area contributed by atoms with Crippen molar-refractivity contribution >= 4 is 28.0 Å². The number of para-hydroxylation sites is 4. The molecule has 0 saturated carbocycles. The Labute approximate surface area is 173 Å². The van der Waals surface area contributed by atoms with Crippen LogP contribution in [-0.4, -0.2) is 38.0 Å². The Bertz CT molecular complexity index is 1270. The van der Waals surface area contributed by atoms with Crippen LogP contribution in [0.1, 0.15) is 31.6 Å². The number of carbonyl (C=O) groups is 1. The molecule has 0 atom stereocenters. The Balaban J connectivity index is 1.32. The molecule has 2 aromatic carbocycles. The summed E-state index contributed by atoms with van der Waals surface area (Å²) in [5.74, 6) is 0.699. The number of aryl methyl sites for hydroxylation is 1. The van der Waals surface area contributed by atoms with Gasteiger partial charge in [-0.05, 0) is 37.1 Å². The predicted octanol–water partition coefficient (Wildman–Crippen LogP) is 3.37. The summed E-state index contributed by atoms with van der Waals surface area (Å²) in [5, 5.41) is 0. The molecule has 2 aromatic heterocycles. The summed E-state index contributed by atoms with van der Waals surface area (Å²) in [6, 6.07) is 15.5. The number of hydrogen-bond donors (Lipinski definition) is 0. The number of hydrogen-bond acceptors (Lipinski definition) is 4. The second-order valence-corrected chi connectivity index (χ2v) is 7.77. The van der Waals surface area contributed by atoms with E-state index < -0.39 is 0 Å². The van der Waals surface area contributed by atoms with Gasteiger partial charge in [0.1, 0.15) is 12.4 Å². The summed E-state index contributed by atoms with van der Waals surface area (Å²) < 4.78 is 9.15. The number of aromatic nitrogens is 3. The minimum atomic E-state index is -0.321. The van der Waals surface area contributed by atoms with Crippen molar-refractivity contribution in [1.82, 2.24) is 19.0 Å². The quantitative estimate of drug-likeness (QED) is 0.523. The molecule has 0 bridgehead atoms. The highest BCUT2D eigenvalue weighted by molar-refractivity contribution is 5.81.